The number of nitrogens with zero attached hydrogens (tertiary/aromatic N) is 2. The number of Topliss-reactive ketones (excluding diaryl/α,β-unsaturated/α-hetero) is 1. The smallest absolute Gasteiger partial charge is 0.224 e. The Morgan fingerprint density at radius 3 is 2.70 bits per heavy atom. The molecular weight excluding hydrogens is 568 g/mol. The molecule has 4 rings (SSSR count). The molecule has 1 aromatic heterocycles. The Bertz CT molecular complexity index is 1190. The lowest BCUT2D eigenvalue weighted by Crippen LogP contribution is -2.46. The van der Waals surface area contributed by atoms with Gasteiger partial charge in [-0.25, -0.2) is 4.98 Å². The first-order chi connectivity index (χ1) is 19.3. The minimum atomic E-state index is -0.582. The van der Waals surface area contributed by atoms with Gasteiger partial charge >= 0.3 is 0 Å². The summed E-state index contributed by atoms with van der Waals surface area (Å²) in [5.74, 6) is 1.47. The van der Waals surface area contributed by atoms with Crippen LogP contribution in [0.1, 0.15) is 37.1 Å². The second-order valence-corrected chi connectivity index (χ2v) is 13.3. The first-order valence-corrected chi connectivity index (χ1v) is 16.3. The van der Waals surface area contributed by atoms with E-state index in [4.69, 9.17) is 16.3 Å². The summed E-state index contributed by atoms with van der Waals surface area (Å²) in [5, 5.41) is 7.30. The van der Waals surface area contributed by atoms with Crippen molar-refractivity contribution in [2.45, 2.75) is 44.6 Å². The second kappa shape index (κ2) is 15.3. The van der Waals surface area contributed by atoms with Crippen molar-refractivity contribution < 1.29 is 19.1 Å². The van der Waals surface area contributed by atoms with E-state index in [0.717, 1.165) is 52.7 Å². The standard InChI is InChI=1S/C29H39ClN4O4S2/c1-19(18-34-9-13-39-14-10-34)25(35)6-5-23(20-7-11-38-12-8-20)33-29(37)21(15-27(36)31-2)16-28-32-24-4-3-22(30)17-26(24)40-28/h3-4,17,20-21,23H,1,5-16,18H2,2H3,(H,31,36)(H,33,37)/t21-,23+/m0/s1. The van der Waals surface area contributed by atoms with Crippen molar-refractivity contribution in [1.29, 1.82) is 0 Å². The molecule has 2 N–H and O–H groups in total. The van der Waals surface area contributed by atoms with Gasteiger partial charge in [0.2, 0.25) is 11.8 Å². The van der Waals surface area contributed by atoms with Crippen LogP contribution in [0.4, 0.5) is 0 Å². The number of carbonyl (C=O) groups excluding carboxylic acids is 3. The molecule has 0 bridgehead atoms. The van der Waals surface area contributed by atoms with Gasteiger partial charge in [0.05, 0.1) is 21.1 Å². The Morgan fingerprint density at radius 2 is 1.98 bits per heavy atom. The summed E-state index contributed by atoms with van der Waals surface area (Å²) in [6.45, 7) is 7.92. The van der Waals surface area contributed by atoms with Gasteiger partial charge in [0.1, 0.15) is 0 Å². The molecule has 218 valence electrons. The van der Waals surface area contributed by atoms with Crippen LogP contribution >= 0.6 is 34.7 Å². The summed E-state index contributed by atoms with van der Waals surface area (Å²) in [6, 6.07) is 5.34. The van der Waals surface area contributed by atoms with Crippen molar-refractivity contribution in [3.63, 3.8) is 0 Å². The number of nitrogens with one attached hydrogen (secondary N) is 2. The average Bonchev–Trinajstić information content (AvgIpc) is 3.36. The van der Waals surface area contributed by atoms with E-state index in [2.05, 4.69) is 27.1 Å². The molecule has 8 nitrogen and oxygen atoms in total. The number of fused-ring (bicyclic) bond motifs is 1. The van der Waals surface area contributed by atoms with Crippen molar-refractivity contribution in [2.75, 3.05) is 51.4 Å². The van der Waals surface area contributed by atoms with Crippen LogP contribution in [0.3, 0.4) is 0 Å². The number of aromatic nitrogens is 1. The van der Waals surface area contributed by atoms with Gasteiger partial charge in [0, 0.05) is 87.3 Å². The van der Waals surface area contributed by atoms with E-state index in [9.17, 15) is 14.4 Å². The quantitative estimate of drug-likeness (QED) is 0.331. The number of ketones is 1. The van der Waals surface area contributed by atoms with Crippen LogP contribution in [0.25, 0.3) is 10.2 Å². The molecule has 2 atom stereocenters. The highest BCUT2D eigenvalue weighted by Gasteiger charge is 2.30. The summed E-state index contributed by atoms with van der Waals surface area (Å²) in [5.41, 5.74) is 1.46. The topological polar surface area (TPSA) is 101 Å². The van der Waals surface area contributed by atoms with Crippen molar-refractivity contribution in [3.8, 4) is 0 Å². The first kappa shape index (κ1) is 31.0. The van der Waals surface area contributed by atoms with Crippen LogP contribution in [0, 0.1) is 11.8 Å². The van der Waals surface area contributed by atoms with E-state index in [0.29, 0.717) is 49.6 Å². The van der Waals surface area contributed by atoms with E-state index in [1.807, 2.05) is 23.9 Å². The fourth-order valence-electron chi connectivity index (χ4n) is 5.25. The summed E-state index contributed by atoms with van der Waals surface area (Å²) < 4.78 is 6.51. The highest BCUT2D eigenvalue weighted by atomic mass is 35.5. The Labute approximate surface area is 249 Å². The molecule has 2 fully saturated rings. The van der Waals surface area contributed by atoms with E-state index in [1.54, 1.807) is 13.1 Å². The number of amides is 2. The fraction of sp³-hybridized carbons (Fsp3) is 0.586. The maximum absolute atomic E-state index is 13.7. The second-order valence-electron chi connectivity index (χ2n) is 10.5. The minimum Gasteiger partial charge on any atom is -0.381 e. The van der Waals surface area contributed by atoms with Gasteiger partial charge in [0.15, 0.2) is 5.78 Å². The maximum Gasteiger partial charge on any atom is 0.224 e. The van der Waals surface area contributed by atoms with Crippen LogP contribution in [0.2, 0.25) is 5.02 Å². The summed E-state index contributed by atoms with van der Waals surface area (Å²) in [6.07, 6.45) is 2.93. The third-order valence-electron chi connectivity index (χ3n) is 7.65. The maximum atomic E-state index is 13.7. The summed E-state index contributed by atoms with van der Waals surface area (Å²) in [7, 11) is 1.57. The van der Waals surface area contributed by atoms with E-state index in [1.165, 1.54) is 11.3 Å². The lowest BCUT2D eigenvalue weighted by Gasteiger charge is -2.32. The number of halogens is 1. The van der Waals surface area contributed by atoms with Gasteiger partial charge in [-0.2, -0.15) is 11.8 Å². The van der Waals surface area contributed by atoms with Crippen LogP contribution in [0.5, 0.6) is 0 Å². The molecule has 2 amide bonds. The fourth-order valence-corrected chi connectivity index (χ4v) is 7.55. The Morgan fingerprint density at radius 1 is 1.23 bits per heavy atom. The number of benzene rings is 1. The predicted octanol–water partition coefficient (Wildman–Crippen LogP) is 4.11. The van der Waals surface area contributed by atoms with Crippen molar-refractivity contribution in [1.82, 2.24) is 20.5 Å². The third kappa shape index (κ3) is 9.01. The number of hydrogen-bond acceptors (Lipinski definition) is 8. The van der Waals surface area contributed by atoms with E-state index in [-0.39, 0.29) is 36.0 Å². The number of thioether (sulfide) groups is 1. The van der Waals surface area contributed by atoms with Crippen molar-refractivity contribution >= 4 is 62.5 Å². The zero-order chi connectivity index (χ0) is 28.5. The molecule has 0 saturated carbocycles. The third-order valence-corrected chi connectivity index (χ3v) is 9.87. The molecule has 2 saturated heterocycles. The molecule has 2 aliphatic heterocycles. The van der Waals surface area contributed by atoms with Crippen LogP contribution in [-0.4, -0.2) is 84.9 Å². The van der Waals surface area contributed by atoms with Gasteiger partial charge in [-0.1, -0.05) is 18.2 Å². The number of ether oxygens (including phenoxy) is 1. The molecule has 0 aliphatic carbocycles. The molecule has 2 aliphatic rings. The number of hydrogen-bond donors (Lipinski definition) is 2. The van der Waals surface area contributed by atoms with Crippen molar-refractivity contribution in [3.05, 3.63) is 40.4 Å². The normalized spacial score (nSPS) is 18.2. The van der Waals surface area contributed by atoms with E-state index < -0.39 is 5.92 Å². The lowest BCUT2D eigenvalue weighted by atomic mass is 9.87. The highest BCUT2D eigenvalue weighted by molar-refractivity contribution is 7.99. The molecule has 40 heavy (non-hydrogen) atoms. The summed E-state index contributed by atoms with van der Waals surface area (Å²) in [4.78, 5) is 46.0. The van der Waals surface area contributed by atoms with E-state index >= 15 is 0 Å². The van der Waals surface area contributed by atoms with Gasteiger partial charge in [-0.3, -0.25) is 19.3 Å². The van der Waals surface area contributed by atoms with Crippen LogP contribution in [0.15, 0.2) is 30.4 Å². The number of thiazole rings is 1. The SMILES string of the molecule is C=C(CN1CCSCC1)C(=O)CC[C@@H](NC(=O)[C@@H](CC(=O)NC)Cc1nc2ccc(Cl)cc2s1)C1CCOCC1. The molecule has 0 unspecified atom stereocenters. The zero-order valence-electron chi connectivity index (χ0n) is 23.1. The van der Waals surface area contributed by atoms with Crippen LogP contribution in [-0.2, 0) is 25.5 Å². The van der Waals surface area contributed by atoms with Gasteiger partial charge in [-0.15, -0.1) is 11.3 Å². The minimum absolute atomic E-state index is 0.0552. The molecule has 3 heterocycles. The first-order valence-electron chi connectivity index (χ1n) is 14.0. The van der Waals surface area contributed by atoms with Crippen LogP contribution < -0.4 is 10.6 Å². The Kier molecular flexibility index (Phi) is 11.8. The molecular formula is C29H39ClN4O4S2. The highest BCUT2D eigenvalue weighted by Crippen LogP contribution is 2.28. The molecule has 2 aromatic rings. The van der Waals surface area contributed by atoms with Gasteiger partial charge in [-0.05, 0) is 43.4 Å². The van der Waals surface area contributed by atoms with Gasteiger partial charge in [0.25, 0.3) is 0 Å². The molecule has 0 radical (unpaired) electrons. The number of carbonyl (C=O) groups is 3. The lowest BCUT2D eigenvalue weighted by molar-refractivity contribution is -0.131. The Hall–Kier alpha value is -1.98. The predicted molar refractivity (Wildman–Crippen MR) is 163 cm³/mol. The average molecular weight is 607 g/mol. The zero-order valence-corrected chi connectivity index (χ0v) is 25.5. The van der Waals surface area contributed by atoms with Gasteiger partial charge < -0.3 is 15.4 Å². The summed E-state index contributed by atoms with van der Waals surface area (Å²) >= 11 is 9.57. The van der Waals surface area contributed by atoms with Crippen molar-refractivity contribution in [2.24, 2.45) is 11.8 Å². The Balaban J connectivity index is 1.42. The largest absolute Gasteiger partial charge is 0.381 e. The molecule has 0 spiro atoms. The molecule has 1 aromatic carbocycles. The monoisotopic (exact) mass is 606 g/mol. The number of rotatable bonds is 13. The molecule has 11 heteroatoms.